The van der Waals surface area contributed by atoms with Gasteiger partial charge in [-0.05, 0) is 30.7 Å². The summed E-state index contributed by atoms with van der Waals surface area (Å²) in [5.41, 5.74) is 1.34. The molecule has 7 heteroatoms. The van der Waals surface area contributed by atoms with Crippen molar-refractivity contribution >= 4 is 11.6 Å². The van der Waals surface area contributed by atoms with Crippen molar-refractivity contribution < 1.29 is 9.53 Å². The molecular weight excluding hydrogens is 318 g/mol. The predicted octanol–water partition coefficient (Wildman–Crippen LogP) is 2.48. The van der Waals surface area contributed by atoms with Crippen molar-refractivity contribution in [2.45, 2.75) is 19.4 Å². The van der Waals surface area contributed by atoms with E-state index in [4.69, 9.17) is 4.74 Å². The van der Waals surface area contributed by atoms with Gasteiger partial charge in [-0.2, -0.15) is 5.10 Å². The van der Waals surface area contributed by atoms with Gasteiger partial charge in [0.25, 0.3) is 5.91 Å². The molecule has 2 aromatic heterocycles. The molecule has 0 bridgehead atoms. The first-order valence-corrected chi connectivity index (χ1v) is 8.15. The SMILES string of the molecule is CC[C@H]1CN(C(=O)c2ccnc(-n3cncn3)c2)c2ccccc2O1. The number of hydrogen-bond donors (Lipinski definition) is 0. The fraction of sp³-hybridized carbons (Fsp3) is 0.222. The summed E-state index contributed by atoms with van der Waals surface area (Å²) in [4.78, 5) is 23.1. The van der Waals surface area contributed by atoms with Gasteiger partial charge in [0, 0.05) is 11.8 Å². The maximum Gasteiger partial charge on any atom is 0.258 e. The van der Waals surface area contributed by atoms with Crippen molar-refractivity contribution in [3.8, 4) is 11.6 Å². The molecular formula is C18H17N5O2. The Hall–Kier alpha value is -3.22. The number of fused-ring (bicyclic) bond motifs is 1. The number of ether oxygens (including phenoxy) is 1. The molecule has 0 radical (unpaired) electrons. The second-order valence-corrected chi connectivity index (χ2v) is 5.77. The number of benzene rings is 1. The van der Waals surface area contributed by atoms with Crippen LogP contribution in [0.2, 0.25) is 0 Å². The van der Waals surface area contributed by atoms with E-state index in [-0.39, 0.29) is 12.0 Å². The lowest BCUT2D eigenvalue weighted by molar-refractivity contribution is 0.0954. The van der Waals surface area contributed by atoms with Crippen molar-refractivity contribution in [3.05, 3.63) is 60.8 Å². The van der Waals surface area contributed by atoms with E-state index in [9.17, 15) is 4.79 Å². The molecule has 1 atom stereocenters. The third-order valence-electron chi connectivity index (χ3n) is 4.18. The third-order valence-corrected chi connectivity index (χ3v) is 4.18. The number of para-hydroxylation sites is 2. The van der Waals surface area contributed by atoms with Gasteiger partial charge < -0.3 is 9.64 Å². The summed E-state index contributed by atoms with van der Waals surface area (Å²) >= 11 is 0. The summed E-state index contributed by atoms with van der Waals surface area (Å²) in [5, 5.41) is 4.06. The largest absolute Gasteiger partial charge is 0.486 e. The van der Waals surface area contributed by atoms with Gasteiger partial charge in [0.15, 0.2) is 5.82 Å². The second-order valence-electron chi connectivity index (χ2n) is 5.77. The van der Waals surface area contributed by atoms with Crippen LogP contribution in [0.15, 0.2) is 55.2 Å². The molecule has 3 aromatic rings. The zero-order valence-electron chi connectivity index (χ0n) is 13.7. The third kappa shape index (κ3) is 2.84. The smallest absolute Gasteiger partial charge is 0.258 e. The minimum absolute atomic E-state index is 0.0181. The number of rotatable bonds is 3. The Kier molecular flexibility index (Phi) is 3.89. The molecule has 0 N–H and O–H groups in total. The van der Waals surface area contributed by atoms with Gasteiger partial charge in [-0.25, -0.2) is 14.6 Å². The fourth-order valence-electron chi connectivity index (χ4n) is 2.86. The summed E-state index contributed by atoms with van der Waals surface area (Å²) in [7, 11) is 0. The first-order chi connectivity index (χ1) is 12.3. The Morgan fingerprint density at radius 1 is 1.32 bits per heavy atom. The van der Waals surface area contributed by atoms with E-state index in [2.05, 4.69) is 22.0 Å². The van der Waals surface area contributed by atoms with E-state index in [0.29, 0.717) is 17.9 Å². The van der Waals surface area contributed by atoms with Crippen LogP contribution < -0.4 is 9.64 Å². The Morgan fingerprint density at radius 2 is 2.20 bits per heavy atom. The van der Waals surface area contributed by atoms with Crippen molar-refractivity contribution in [2.24, 2.45) is 0 Å². The summed E-state index contributed by atoms with van der Waals surface area (Å²) < 4.78 is 7.48. The minimum Gasteiger partial charge on any atom is -0.486 e. The van der Waals surface area contributed by atoms with Crippen LogP contribution in [0.4, 0.5) is 5.69 Å². The van der Waals surface area contributed by atoms with Gasteiger partial charge >= 0.3 is 0 Å². The van der Waals surface area contributed by atoms with E-state index < -0.39 is 0 Å². The van der Waals surface area contributed by atoms with E-state index in [1.165, 1.54) is 11.0 Å². The number of amides is 1. The summed E-state index contributed by atoms with van der Waals surface area (Å²) in [6.07, 6.45) is 5.40. The highest BCUT2D eigenvalue weighted by atomic mass is 16.5. The minimum atomic E-state index is -0.0852. The van der Waals surface area contributed by atoms with Crippen LogP contribution in [0.5, 0.6) is 5.75 Å². The number of carbonyl (C=O) groups excluding carboxylic acids is 1. The molecule has 1 aliphatic rings. The molecule has 4 rings (SSSR count). The van der Waals surface area contributed by atoms with Crippen molar-refractivity contribution in [1.82, 2.24) is 19.7 Å². The zero-order chi connectivity index (χ0) is 17.2. The lowest BCUT2D eigenvalue weighted by atomic mass is 10.1. The average molecular weight is 335 g/mol. The standard InChI is InChI=1S/C18H17N5O2/c1-2-14-10-22(15-5-3-4-6-16(15)25-14)18(24)13-7-8-20-17(9-13)23-12-19-11-21-23/h3-9,11-12,14H,2,10H2,1H3/t14-/m0/s1. The molecule has 7 nitrogen and oxygen atoms in total. The van der Waals surface area contributed by atoms with E-state index in [0.717, 1.165) is 17.9 Å². The van der Waals surface area contributed by atoms with Gasteiger partial charge in [-0.3, -0.25) is 4.79 Å². The van der Waals surface area contributed by atoms with E-state index in [1.54, 1.807) is 29.6 Å². The molecule has 1 amide bonds. The molecule has 1 aromatic carbocycles. The average Bonchev–Trinajstić information content (AvgIpc) is 3.21. The van der Waals surface area contributed by atoms with Gasteiger partial charge in [0.1, 0.15) is 24.5 Å². The first-order valence-electron chi connectivity index (χ1n) is 8.15. The Morgan fingerprint density at radius 3 is 3.00 bits per heavy atom. The van der Waals surface area contributed by atoms with Crippen LogP contribution >= 0.6 is 0 Å². The van der Waals surface area contributed by atoms with E-state index >= 15 is 0 Å². The van der Waals surface area contributed by atoms with Crippen LogP contribution in [0.25, 0.3) is 5.82 Å². The predicted molar refractivity (Wildman–Crippen MR) is 92.0 cm³/mol. The first kappa shape index (κ1) is 15.3. The zero-order valence-corrected chi connectivity index (χ0v) is 13.7. The monoisotopic (exact) mass is 335 g/mol. The number of hydrogen-bond acceptors (Lipinski definition) is 5. The Labute approximate surface area is 144 Å². The maximum absolute atomic E-state index is 13.1. The second kappa shape index (κ2) is 6.35. The fourth-order valence-corrected chi connectivity index (χ4v) is 2.86. The quantitative estimate of drug-likeness (QED) is 0.735. The van der Waals surface area contributed by atoms with Gasteiger partial charge in [0.2, 0.25) is 0 Å². The number of anilines is 1. The van der Waals surface area contributed by atoms with E-state index in [1.807, 2.05) is 24.3 Å². The number of pyridine rings is 1. The van der Waals surface area contributed by atoms with Crippen LogP contribution in [-0.2, 0) is 0 Å². The number of aromatic nitrogens is 4. The highest BCUT2D eigenvalue weighted by molar-refractivity contribution is 6.07. The molecule has 1 aliphatic heterocycles. The topological polar surface area (TPSA) is 73.1 Å². The molecule has 0 saturated heterocycles. The highest BCUT2D eigenvalue weighted by Crippen LogP contribution is 2.34. The Bertz CT molecular complexity index is 894. The summed E-state index contributed by atoms with van der Waals surface area (Å²) in [6, 6.07) is 11.0. The maximum atomic E-state index is 13.1. The number of carbonyl (C=O) groups is 1. The lowest BCUT2D eigenvalue weighted by Gasteiger charge is -2.34. The van der Waals surface area contributed by atoms with Gasteiger partial charge in [0.05, 0.1) is 12.2 Å². The Balaban J connectivity index is 1.70. The van der Waals surface area contributed by atoms with Crippen molar-refractivity contribution in [1.29, 1.82) is 0 Å². The van der Waals surface area contributed by atoms with Crippen LogP contribution in [0.3, 0.4) is 0 Å². The molecule has 0 fully saturated rings. The number of nitrogens with zero attached hydrogens (tertiary/aromatic N) is 5. The van der Waals surface area contributed by atoms with Crippen LogP contribution in [0, 0.1) is 0 Å². The summed E-state index contributed by atoms with van der Waals surface area (Å²) in [5.74, 6) is 1.20. The lowest BCUT2D eigenvalue weighted by Crippen LogP contribution is -2.43. The molecule has 25 heavy (non-hydrogen) atoms. The molecule has 126 valence electrons. The van der Waals surface area contributed by atoms with Crippen LogP contribution in [0.1, 0.15) is 23.7 Å². The van der Waals surface area contributed by atoms with Gasteiger partial charge in [-0.15, -0.1) is 0 Å². The molecule has 0 unspecified atom stereocenters. The molecule has 3 heterocycles. The molecule has 0 spiro atoms. The highest BCUT2D eigenvalue weighted by Gasteiger charge is 2.29. The normalized spacial score (nSPS) is 16.2. The summed E-state index contributed by atoms with van der Waals surface area (Å²) in [6.45, 7) is 2.57. The van der Waals surface area contributed by atoms with Crippen molar-refractivity contribution in [2.75, 3.05) is 11.4 Å². The van der Waals surface area contributed by atoms with Gasteiger partial charge in [-0.1, -0.05) is 19.1 Å². The van der Waals surface area contributed by atoms with Crippen molar-refractivity contribution in [3.63, 3.8) is 0 Å². The molecule has 0 saturated carbocycles. The van der Waals surface area contributed by atoms with Crippen LogP contribution in [-0.4, -0.2) is 38.3 Å². The molecule has 0 aliphatic carbocycles.